The van der Waals surface area contributed by atoms with E-state index in [-0.39, 0.29) is 24.2 Å². The van der Waals surface area contributed by atoms with Crippen LogP contribution in [0.25, 0.3) is 11.0 Å². The Labute approximate surface area is 129 Å². The van der Waals surface area contributed by atoms with Crippen molar-refractivity contribution in [1.29, 1.82) is 0 Å². The summed E-state index contributed by atoms with van der Waals surface area (Å²) in [4.78, 5) is 24.7. The summed E-state index contributed by atoms with van der Waals surface area (Å²) in [6.07, 6.45) is 4.62. The monoisotopic (exact) mass is 301 g/mol. The number of fused-ring (bicyclic) bond motifs is 1. The van der Waals surface area contributed by atoms with Gasteiger partial charge in [-0.3, -0.25) is 13.9 Å². The largest absolute Gasteiger partial charge is 0.352 e. The first-order chi connectivity index (χ1) is 10.6. The molecule has 0 saturated heterocycles. The number of rotatable bonds is 3. The van der Waals surface area contributed by atoms with Crippen molar-refractivity contribution < 1.29 is 4.79 Å². The Bertz CT molecular complexity index is 744. The van der Waals surface area contributed by atoms with Crippen molar-refractivity contribution in [3.63, 3.8) is 0 Å². The summed E-state index contributed by atoms with van der Waals surface area (Å²) in [6.45, 7) is 2.28. The summed E-state index contributed by atoms with van der Waals surface area (Å²) in [5, 5.41) is 3.11. The molecule has 118 valence electrons. The number of aromatic nitrogens is 2. The van der Waals surface area contributed by atoms with Gasteiger partial charge in [-0.05, 0) is 30.9 Å². The van der Waals surface area contributed by atoms with E-state index in [1.54, 1.807) is 16.2 Å². The highest BCUT2D eigenvalue weighted by atomic mass is 16.2. The molecule has 3 rings (SSSR count). The zero-order chi connectivity index (χ0) is 15.7. The Morgan fingerprint density at radius 3 is 2.64 bits per heavy atom. The molecule has 1 aromatic carbocycles. The van der Waals surface area contributed by atoms with Gasteiger partial charge in [-0.2, -0.15) is 0 Å². The molecule has 0 bridgehead atoms. The number of carbonyl (C=O) groups excluding carboxylic acids is 1. The molecule has 0 spiro atoms. The number of nitrogens with one attached hydrogen (secondary N) is 1. The highest BCUT2D eigenvalue weighted by Crippen LogP contribution is 2.23. The molecule has 1 amide bonds. The third kappa shape index (κ3) is 2.67. The highest BCUT2D eigenvalue weighted by molar-refractivity contribution is 5.81. The standard InChI is InChI=1S/C17H23N3O2/c1-12-7-3-4-8-13(12)18-16(21)11-20-15-10-6-5-9-14(15)19(2)17(20)22/h5-6,9-10,12-13H,3-4,7-8,11H2,1-2H3,(H,18,21)/t12-,13+/m1/s1. The number of aryl methyl sites for hydroxylation is 1. The predicted octanol–water partition coefficient (Wildman–Crippen LogP) is 2.03. The molecule has 5 nitrogen and oxygen atoms in total. The zero-order valence-corrected chi connectivity index (χ0v) is 13.2. The van der Waals surface area contributed by atoms with Gasteiger partial charge in [-0.25, -0.2) is 4.79 Å². The van der Waals surface area contributed by atoms with Crippen LogP contribution in [-0.2, 0) is 18.4 Å². The summed E-state index contributed by atoms with van der Waals surface area (Å²) in [5.41, 5.74) is 1.52. The third-order valence-corrected chi connectivity index (χ3v) is 4.81. The smallest absolute Gasteiger partial charge is 0.329 e. The topological polar surface area (TPSA) is 56.0 Å². The summed E-state index contributed by atoms with van der Waals surface area (Å²) >= 11 is 0. The van der Waals surface area contributed by atoms with Gasteiger partial charge in [0.05, 0.1) is 11.0 Å². The summed E-state index contributed by atoms with van der Waals surface area (Å²) < 4.78 is 3.14. The third-order valence-electron chi connectivity index (χ3n) is 4.81. The maximum absolute atomic E-state index is 12.4. The molecule has 0 unspecified atom stereocenters. The van der Waals surface area contributed by atoms with Crippen LogP contribution in [0.5, 0.6) is 0 Å². The zero-order valence-electron chi connectivity index (χ0n) is 13.2. The van der Waals surface area contributed by atoms with Crippen molar-refractivity contribution in [3.05, 3.63) is 34.7 Å². The average molecular weight is 301 g/mol. The Hall–Kier alpha value is -2.04. The summed E-state index contributed by atoms with van der Waals surface area (Å²) in [5.74, 6) is 0.444. The number of imidazole rings is 1. The fraction of sp³-hybridized carbons (Fsp3) is 0.529. The van der Waals surface area contributed by atoms with Crippen LogP contribution in [-0.4, -0.2) is 21.1 Å². The van der Waals surface area contributed by atoms with Crippen molar-refractivity contribution in [2.24, 2.45) is 13.0 Å². The normalized spacial score (nSPS) is 21.9. The molecular weight excluding hydrogens is 278 g/mol. The molecule has 1 aliphatic carbocycles. The van der Waals surface area contributed by atoms with Crippen molar-refractivity contribution in [2.45, 2.75) is 45.2 Å². The lowest BCUT2D eigenvalue weighted by atomic mass is 9.86. The molecule has 2 aromatic rings. The SMILES string of the molecule is C[C@@H]1CCCC[C@@H]1NC(=O)Cn1c(=O)n(C)c2ccccc21. The van der Waals surface area contributed by atoms with Crippen LogP contribution < -0.4 is 11.0 Å². The molecule has 0 aliphatic heterocycles. The van der Waals surface area contributed by atoms with Crippen LogP contribution in [0.3, 0.4) is 0 Å². The molecule has 5 heteroatoms. The lowest BCUT2D eigenvalue weighted by Gasteiger charge is -2.29. The number of amides is 1. The Morgan fingerprint density at radius 1 is 1.23 bits per heavy atom. The van der Waals surface area contributed by atoms with Crippen molar-refractivity contribution in [3.8, 4) is 0 Å². The Balaban J connectivity index is 1.80. The van der Waals surface area contributed by atoms with Crippen LogP contribution in [0.2, 0.25) is 0 Å². The molecule has 1 aliphatic rings. The first-order valence-corrected chi connectivity index (χ1v) is 8.01. The van der Waals surface area contributed by atoms with E-state index in [1.165, 1.54) is 19.3 Å². The van der Waals surface area contributed by atoms with Crippen molar-refractivity contribution >= 4 is 16.9 Å². The molecular formula is C17H23N3O2. The van der Waals surface area contributed by atoms with E-state index >= 15 is 0 Å². The van der Waals surface area contributed by atoms with Gasteiger partial charge in [0.15, 0.2) is 0 Å². The number of hydrogen-bond donors (Lipinski definition) is 1. The summed E-state index contributed by atoms with van der Waals surface area (Å²) in [7, 11) is 1.74. The van der Waals surface area contributed by atoms with E-state index < -0.39 is 0 Å². The van der Waals surface area contributed by atoms with Gasteiger partial charge in [0.2, 0.25) is 5.91 Å². The van der Waals surface area contributed by atoms with E-state index in [4.69, 9.17) is 0 Å². The second kappa shape index (κ2) is 5.99. The fourth-order valence-corrected chi connectivity index (χ4v) is 3.44. The van der Waals surface area contributed by atoms with Gasteiger partial charge in [0.1, 0.15) is 6.54 Å². The second-order valence-electron chi connectivity index (χ2n) is 6.35. The predicted molar refractivity (Wildman–Crippen MR) is 86.7 cm³/mol. The number of para-hydroxylation sites is 2. The van der Waals surface area contributed by atoms with Gasteiger partial charge in [-0.15, -0.1) is 0 Å². The molecule has 1 heterocycles. The highest BCUT2D eigenvalue weighted by Gasteiger charge is 2.23. The molecule has 22 heavy (non-hydrogen) atoms. The number of hydrogen-bond acceptors (Lipinski definition) is 2. The molecule has 0 radical (unpaired) electrons. The average Bonchev–Trinajstić information content (AvgIpc) is 2.75. The van der Waals surface area contributed by atoms with E-state index in [9.17, 15) is 9.59 Å². The molecule has 1 saturated carbocycles. The minimum atomic E-state index is -0.145. The lowest BCUT2D eigenvalue weighted by molar-refractivity contribution is -0.122. The number of carbonyl (C=O) groups is 1. The van der Waals surface area contributed by atoms with Crippen molar-refractivity contribution in [2.75, 3.05) is 0 Å². The molecule has 2 atom stereocenters. The van der Waals surface area contributed by atoms with E-state index in [0.29, 0.717) is 5.92 Å². The van der Waals surface area contributed by atoms with Gasteiger partial charge in [0, 0.05) is 13.1 Å². The van der Waals surface area contributed by atoms with Crippen LogP contribution in [0.15, 0.2) is 29.1 Å². The van der Waals surface area contributed by atoms with Crippen molar-refractivity contribution in [1.82, 2.24) is 14.5 Å². The van der Waals surface area contributed by atoms with Crippen LogP contribution in [0.1, 0.15) is 32.6 Å². The quantitative estimate of drug-likeness (QED) is 0.943. The van der Waals surface area contributed by atoms with E-state index in [2.05, 4.69) is 12.2 Å². The lowest BCUT2D eigenvalue weighted by Crippen LogP contribution is -2.43. The van der Waals surface area contributed by atoms with Gasteiger partial charge >= 0.3 is 5.69 Å². The maximum Gasteiger partial charge on any atom is 0.329 e. The second-order valence-corrected chi connectivity index (χ2v) is 6.35. The van der Waals surface area contributed by atoms with Crippen LogP contribution in [0, 0.1) is 5.92 Å². The van der Waals surface area contributed by atoms with E-state index in [1.807, 2.05) is 24.3 Å². The molecule has 1 fully saturated rings. The number of benzene rings is 1. The van der Waals surface area contributed by atoms with Gasteiger partial charge in [-0.1, -0.05) is 31.9 Å². The minimum absolute atomic E-state index is 0.0720. The van der Waals surface area contributed by atoms with Crippen LogP contribution >= 0.6 is 0 Å². The molecule has 1 N–H and O–H groups in total. The number of nitrogens with zero attached hydrogens (tertiary/aromatic N) is 2. The maximum atomic E-state index is 12.4. The van der Waals surface area contributed by atoms with Crippen LogP contribution in [0.4, 0.5) is 0 Å². The fourth-order valence-electron chi connectivity index (χ4n) is 3.44. The first-order valence-electron chi connectivity index (χ1n) is 8.01. The molecule has 1 aromatic heterocycles. The van der Waals surface area contributed by atoms with Gasteiger partial charge < -0.3 is 5.32 Å². The summed E-state index contributed by atoms with van der Waals surface area (Å²) in [6, 6.07) is 7.81. The first kappa shape index (κ1) is 14.9. The van der Waals surface area contributed by atoms with Gasteiger partial charge in [0.25, 0.3) is 0 Å². The Morgan fingerprint density at radius 2 is 1.91 bits per heavy atom. The Kier molecular flexibility index (Phi) is 4.05. The minimum Gasteiger partial charge on any atom is -0.352 e. The van der Waals surface area contributed by atoms with E-state index in [0.717, 1.165) is 17.5 Å².